The summed E-state index contributed by atoms with van der Waals surface area (Å²) >= 11 is 0. The lowest BCUT2D eigenvalue weighted by Gasteiger charge is -2.52. The molecule has 3 aromatic rings. The maximum absolute atomic E-state index is 5.54. The topological polar surface area (TPSA) is 25.4 Å². The number of fused-ring (bicyclic) bond motifs is 4. The van der Waals surface area contributed by atoms with E-state index in [-0.39, 0.29) is 0 Å². The van der Waals surface area contributed by atoms with E-state index in [1.54, 1.807) is 7.11 Å². The van der Waals surface area contributed by atoms with E-state index < -0.39 is 0 Å². The Kier molecular flexibility index (Phi) is 4.84. The third-order valence-electron chi connectivity index (χ3n) is 7.01. The van der Waals surface area contributed by atoms with Crippen molar-refractivity contribution >= 4 is 10.9 Å². The Bertz CT molecular complexity index is 1020. The first-order chi connectivity index (χ1) is 14.3. The van der Waals surface area contributed by atoms with Crippen molar-refractivity contribution in [3.63, 3.8) is 0 Å². The summed E-state index contributed by atoms with van der Waals surface area (Å²) in [5.41, 5.74) is 3.77. The summed E-state index contributed by atoms with van der Waals surface area (Å²) in [5.74, 6) is 2.58. The van der Waals surface area contributed by atoms with Gasteiger partial charge in [0, 0.05) is 30.1 Å². The van der Waals surface area contributed by atoms with E-state index in [9.17, 15) is 0 Å². The lowest BCUT2D eigenvalue weighted by atomic mass is 9.69. The average Bonchev–Trinajstić information content (AvgIpc) is 2.80. The second-order valence-electron chi connectivity index (χ2n) is 8.42. The van der Waals surface area contributed by atoms with Gasteiger partial charge in [0.25, 0.3) is 0 Å². The van der Waals surface area contributed by atoms with Gasteiger partial charge in [-0.15, -0.1) is 6.58 Å². The zero-order chi connectivity index (χ0) is 19.8. The summed E-state index contributed by atoms with van der Waals surface area (Å²) in [4.78, 5) is 7.33. The highest BCUT2D eigenvalue weighted by molar-refractivity contribution is 5.84. The second kappa shape index (κ2) is 7.64. The number of benzene rings is 2. The summed E-state index contributed by atoms with van der Waals surface area (Å²) < 4.78 is 5.54. The van der Waals surface area contributed by atoms with Gasteiger partial charge >= 0.3 is 0 Å². The van der Waals surface area contributed by atoms with Gasteiger partial charge < -0.3 is 4.74 Å². The molecule has 1 unspecified atom stereocenters. The Labute approximate surface area is 173 Å². The third kappa shape index (κ3) is 3.24. The zero-order valence-corrected chi connectivity index (χ0v) is 17.0. The molecule has 2 bridgehead atoms. The van der Waals surface area contributed by atoms with Crippen LogP contribution in [-0.4, -0.2) is 36.1 Å². The molecule has 3 saturated heterocycles. The summed E-state index contributed by atoms with van der Waals surface area (Å²) in [7, 11) is 1.73. The van der Waals surface area contributed by atoms with Crippen LogP contribution in [-0.2, 0) is 0 Å². The number of aromatic nitrogens is 1. The maximum Gasteiger partial charge on any atom is 0.119 e. The quantitative estimate of drug-likeness (QED) is 0.560. The first kappa shape index (κ1) is 18.4. The van der Waals surface area contributed by atoms with Crippen LogP contribution in [0, 0.1) is 11.8 Å². The summed E-state index contributed by atoms with van der Waals surface area (Å²) in [6.07, 6.45) is 6.66. The fraction of sp³-hybridized carbons (Fsp3) is 0.346. The minimum Gasteiger partial charge on any atom is -0.497 e. The minimum atomic E-state index is 0.322. The molecule has 3 heteroatoms. The molecule has 3 nitrogen and oxygen atoms in total. The van der Waals surface area contributed by atoms with Gasteiger partial charge in [0.05, 0.1) is 12.6 Å². The molecule has 3 aliphatic rings. The number of ether oxygens (including phenoxy) is 1. The molecule has 0 N–H and O–H groups in total. The minimum absolute atomic E-state index is 0.322. The van der Waals surface area contributed by atoms with Gasteiger partial charge in [-0.1, -0.05) is 36.4 Å². The number of methoxy groups -OCH3 is 1. The van der Waals surface area contributed by atoms with Gasteiger partial charge in [0.1, 0.15) is 5.75 Å². The van der Waals surface area contributed by atoms with Crippen molar-refractivity contribution in [3.8, 4) is 5.75 Å². The molecular weight excluding hydrogens is 356 g/mol. The summed E-state index contributed by atoms with van der Waals surface area (Å²) in [6, 6.07) is 19.9. The van der Waals surface area contributed by atoms with Crippen molar-refractivity contribution in [2.75, 3.05) is 20.2 Å². The smallest absolute Gasteiger partial charge is 0.119 e. The first-order valence-corrected chi connectivity index (χ1v) is 10.6. The van der Waals surface area contributed by atoms with Crippen molar-refractivity contribution in [1.29, 1.82) is 0 Å². The van der Waals surface area contributed by atoms with Crippen molar-refractivity contribution in [1.82, 2.24) is 9.88 Å². The molecule has 148 valence electrons. The van der Waals surface area contributed by atoms with Crippen molar-refractivity contribution < 1.29 is 4.74 Å². The van der Waals surface area contributed by atoms with E-state index in [1.807, 2.05) is 12.3 Å². The fourth-order valence-corrected chi connectivity index (χ4v) is 5.54. The number of hydrogen-bond acceptors (Lipinski definition) is 3. The van der Waals surface area contributed by atoms with Crippen LogP contribution in [0.1, 0.15) is 29.9 Å². The number of piperidine rings is 3. The van der Waals surface area contributed by atoms with Gasteiger partial charge in [-0.3, -0.25) is 9.88 Å². The molecule has 1 aromatic heterocycles. The third-order valence-corrected chi connectivity index (χ3v) is 7.01. The van der Waals surface area contributed by atoms with E-state index in [4.69, 9.17) is 4.74 Å². The molecule has 0 amide bonds. The molecule has 6 rings (SSSR count). The van der Waals surface area contributed by atoms with Gasteiger partial charge in [0.15, 0.2) is 0 Å². The largest absolute Gasteiger partial charge is 0.497 e. The second-order valence-corrected chi connectivity index (χ2v) is 8.42. The Morgan fingerprint density at radius 3 is 2.76 bits per heavy atom. The van der Waals surface area contributed by atoms with Crippen LogP contribution >= 0.6 is 0 Å². The molecule has 0 saturated carbocycles. The van der Waals surface area contributed by atoms with Crippen LogP contribution < -0.4 is 4.74 Å². The van der Waals surface area contributed by atoms with E-state index in [0.717, 1.165) is 23.7 Å². The Hall–Kier alpha value is -2.65. The Balaban J connectivity index is 1.65. The molecule has 2 aromatic carbocycles. The van der Waals surface area contributed by atoms with Gasteiger partial charge in [-0.2, -0.15) is 0 Å². The van der Waals surface area contributed by atoms with Crippen molar-refractivity contribution in [3.05, 3.63) is 84.6 Å². The number of pyridine rings is 1. The zero-order valence-electron chi connectivity index (χ0n) is 17.0. The van der Waals surface area contributed by atoms with Crippen LogP contribution in [0.3, 0.4) is 0 Å². The highest BCUT2D eigenvalue weighted by Crippen LogP contribution is 2.45. The maximum atomic E-state index is 5.54. The predicted octanol–water partition coefficient (Wildman–Crippen LogP) is 5.27. The average molecular weight is 385 g/mol. The van der Waals surface area contributed by atoms with Crippen LogP contribution in [0.15, 0.2) is 73.4 Å². The molecule has 3 aliphatic heterocycles. The molecule has 0 spiro atoms. The van der Waals surface area contributed by atoms with E-state index in [0.29, 0.717) is 17.9 Å². The van der Waals surface area contributed by atoms with Gasteiger partial charge in [-0.05, 0) is 66.6 Å². The highest BCUT2D eigenvalue weighted by Gasteiger charge is 2.43. The molecule has 0 radical (unpaired) electrons. The molecule has 0 aliphatic carbocycles. The van der Waals surface area contributed by atoms with E-state index in [2.05, 4.69) is 71.1 Å². The normalized spacial score (nSPS) is 26.9. The van der Waals surface area contributed by atoms with Crippen LogP contribution in [0.25, 0.3) is 10.9 Å². The Morgan fingerprint density at radius 2 is 2.03 bits per heavy atom. The van der Waals surface area contributed by atoms with Crippen LogP contribution in [0.5, 0.6) is 5.75 Å². The first-order valence-electron chi connectivity index (χ1n) is 10.6. The molecule has 3 fully saturated rings. The van der Waals surface area contributed by atoms with Crippen molar-refractivity contribution in [2.24, 2.45) is 11.8 Å². The van der Waals surface area contributed by atoms with E-state index in [1.165, 1.54) is 35.9 Å². The molecule has 4 heterocycles. The van der Waals surface area contributed by atoms with E-state index >= 15 is 0 Å². The SMILES string of the molecule is C=C[C@H]1CN2CC[C@H]1C[C@@H]2[C@H](c1ccccc1)c1ccnc2ccc(OC)cc12. The fourth-order valence-electron chi connectivity index (χ4n) is 5.54. The molecular formula is C26H28N2O. The summed E-state index contributed by atoms with van der Waals surface area (Å²) in [6.45, 7) is 6.42. The standard InChI is InChI=1S/C26H28N2O/c1-3-18-17-28-14-12-20(18)15-25(28)26(19-7-5-4-6-8-19)22-11-13-27-24-10-9-21(29-2)16-23(22)24/h3-11,13,16,18,20,25-26H,1,12,14-15,17H2,2H3/t18-,20-,25+,26+/m0/s1. The lowest BCUT2D eigenvalue weighted by molar-refractivity contribution is 0.0121. The Morgan fingerprint density at radius 1 is 1.17 bits per heavy atom. The summed E-state index contributed by atoms with van der Waals surface area (Å²) in [5, 5.41) is 1.20. The molecule has 5 atom stereocenters. The van der Waals surface area contributed by atoms with Crippen molar-refractivity contribution in [2.45, 2.75) is 24.8 Å². The van der Waals surface area contributed by atoms with Gasteiger partial charge in [-0.25, -0.2) is 0 Å². The van der Waals surface area contributed by atoms with Gasteiger partial charge in [0.2, 0.25) is 0 Å². The predicted molar refractivity (Wildman–Crippen MR) is 118 cm³/mol. The monoisotopic (exact) mass is 384 g/mol. The lowest BCUT2D eigenvalue weighted by Crippen LogP contribution is -2.55. The van der Waals surface area contributed by atoms with Crippen LogP contribution in [0.4, 0.5) is 0 Å². The number of hydrogen-bond donors (Lipinski definition) is 0. The highest BCUT2D eigenvalue weighted by atomic mass is 16.5. The molecule has 29 heavy (non-hydrogen) atoms. The number of nitrogens with zero attached hydrogens (tertiary/aromatic N) is 2. The number of rotatable bonds is 5. The van der Waals surface area contributed by atoms with Crippen LogP contribution in [0.2, 0.25) is 0 Å².